The largest absolute Gasteiger partial charge is 0.462 e. The quantitative estimate of drug-likeness (QED) is 0.157. The van der Waals surface area contributed by atoms with Crippen LogP contribution < -0.4 is 0 Å². The summed E-state index contributed by atoms with van der Waals surface area (Å²) >= 11 is 0. The van der Waals surface area contributed by atoms with Crippen LogP contribution in [0.15, 0.2) is 0 Å². The van der Waals surface area contributed by atoms with Crippen LogP contribution in [0.2, 0.25) is 18.1 Å². The molecule has 10 atom stereocenters. The van der Waals surface area contributed by atoms with Gasteiger partial charge in [0.25, 0.3) is 0 Å². The first-order valence-corrected chi connectivity index (χ1v) is 18.0. The van der Waals surface area contributed by atoms with E-state index in [-0.39, 0.29) is 42.8 Å². The summed E-state index contributed by atoms with van der Waals surface area (Å²) < 4.78 is 31.1. The van der Waals surface area contributed by atoms with Crippen molar-refractivity contribution in [1.82, 2.24) is 0 Å². The normalized spacial score (nSPS) is 36.2. The van der Waals surface area contributed by atoms with Crippen LogP contribution in [-0.2, 0) is 28.2 Å². The lowest BCUT2D eigenvalue weighted by molar-refractivity contribution is -0.358. The summed E-state index contributed by atoms with van der Waals surface area (Å²) in [6.07, 6.45) is -4.31. The van der Waals surface area contributed by atoms with Crippen LogP contribution >= 0.6 is 0 Å². The van der Waals surface area contributed by atoms with Gasteiger partial charge in [0, 0.05) is 32.0 Å². The fourth-order valence-electron chi connectivity index (χ4n) is 5.30. The zero-order valence-electron chi connectivity index (χ0n) is 27.2. The maximum absolute atomic E-state index is 12.4. The number of esters is 1. The van der Waals surface area contributed by atoms with Crippen molar-refractivity contribution in [2.24, 2.45) is 17.3 Å². The maximum atomic E-state index is 12.4. The molecule has 242 valence electrons. The van der Waals surface area contributed by atoms with E-state index in [1.54, 1.807) is 27.7 Å². The molecule has 41 heavy (non-hydrogen) atoms. The molecule has 0 aromatic heterocycles. The van der Waals surface area contributed by atoms with Crippen molar-refractivity contribution in [2.45, 2.75) is 148 Å². The monoisotopic (exact) mass is 606 g/mol. The lowest BCUT2D eigenvalue weighted by Crippen LogP contribution is -2.67. The van der Waals surface area contributed by atoms with Gasteiger partial charge in [-0.25, -0.2) is 0 Å². The third kappa shape index (κ3) is 8.51. The summed E-state index contributed by atoms with van der Waals surface area (Å²) in [6.45, 7) is 19.7. The van der Waals surface area contributed by atoms with E-state index < -0.39 is 61.9 Å². The Balaban J connectivity index is 2.40. The van der Waals surface area contributed by atoms with Crippen LogP contribution in [0, 0.1) is 17.3 Å². The van der Waals surface area contributed by atoms with Crippen LogP contribution in [0.25, 0.3) is 0 Å². The minimum Gasteiger partial charge on any atom is -0.462 e. The van der Waals surface area contributed by atoms with Crippen LogP contribution in [0.5, 0.6) is 0 Å². The lowest BCUT2D eigenvalue weighted by Gasteiger charge is -2.54. The van der Waals surface area contributed by atoms with E-state index in [0.29, 0.717) is 12.8 Å². The molecule has 2 saturated heterocycles. The molecule has 10 nitrogen and oxygen atoms in total. The average molecular weight is 607 g/mol. The number of carbonyl (C=O) groups is 1. The van der Waals surface area contributed by atoms with Crippen molar-refractivity contribution in [3.63, 3.8) is 0 Å². The van der Waals surface area contributed by atoms with E-state index in [9.17, 15) is 25.2 Å². The highest BCUT2D eigenvalue weighted by atomic mass is 28.4. The van der Waals surface area contributed by atoms with Crippen molar-refractivity contribution in [3.8, 4) is 0 Å². The highest BCUT2D eigenvalue weighted by Gasteiger charge is 2.58. The molecule has 2 rings (SSSR count). The standard InChI is InChI=1S/C30H58O10Si/c1-18-20(14-12-13-15-31)39-30(36-9,16-21(18)40-41(10,11)29(6,7)8)26(34)25-19(2)23(32)24(33)22(38-25)17-37-27(35)28(3,4)5/h18-26,31-34H,12-17H2,1-11H3/t18-,19+,20+,21-,22+,23+,24+,25+,26-,30+/m0/s1. The Morgan fingerprint density at radius 2 is 1.63 bits per heavy atom. The van der Waals surface area contributed by atoms with Crippen molar-refractivity contribution in [3.05, 3.63) is 0 Å². The molecule has 0 radical (unpaired) electrons. The van der Waals surface area contributed by atoms with Gasteiger partial charge in [0.1, 0.15) is 24.9 Å². The summed E-state index contributed by atoms with van der Waals surface area (Å²) in [5.74, 6) is -2.67. The van der Waals surface area contributed by atoms with Gasteiger partial charge in [0.2, 0.25) is 0 Å². The van der Waals surface area contributed by atoms with Crippen LogP contribution in [0.1, 0.15) is 81.1 Å². The minimum absolute atomic E-state index is 0.0000351. The summed E-state index contributed by atoms with van der Waals surface area (Å²) in [4.78, 5) is 12.4. The van der Waals surface area contributed by atoms with Gasteiger partial charge in [-0.05, 0) is 58.2 Å². The van der Waals surface area contributed by atoms with Gasteiger partial charge >= 0.3 is 5.97 Å². The van der Waals surface area contributed by atoms with Crippen molar-refractivity contribution < 1.29 is 48.6 Å². The Morgan fingerprint density at radius 1 is 1.02 bits per heavy atom. The summed E-state index contributed by atoms with van der Waals surface area (Å²) in [6, 6.07) is 0. The predicted octanol–water partition coefficient (Wildman–Crippen LogP) is 3.38. The summed E-state index contributed by atoms with van der Waals surface area (Å²) in [7, 11) is -0.738. The number of methoxy groups -OCH3 is 1. The lowest BCUT2D eigenvalue weighted by atomic mass is 9.79. The van der Waals surface area contributed by atoms with E-state index in [0.717, 1.165) is 6.42 Å². The van der Waals surface area contributed by atoms with Gasteiger partial charge in [-0.15, -0.1) is 0 Å². The minimum atomic E-state index is -2.22. The molecular formula is C30H58O10Si. The molecule has 2 aliphatic heterocycles. The third-order valence-corrected chi connectivity index (χ3v) is 13.9. The van der Waals surface area contributed by atoms with Crippen molar-refractivity contribution in [2.75, 3.05) is 20.3 Å². The average Bonchev–Trinajstić information content (AvgIpc) is 2.87. The van der Waals surface area contributed by atoms with E-state index in [4.69, 9.17) is 23.4 Å². The van der Waals surface area contributed by atoms with Gasteiger partial charge in [-0.1, -0.05) is 34.6 Å². The molecule has 0 aliphatic carbocycles. The number of hydrogen-bond acceptors (Lipinski definition) is 10. The smallest absolute Gasteiger partial charge is 0.311 e. The number of rotatable bonds is 11. The SMILES string of the molecule is CO[C@]1([C@@H](O)[C@@H]2O[C@H](COC(=O)C(C)(C)C)[C@@H](O)[C@H](O)[C@H]2C)C[C@H](O[Si](C)(C)C(C)(C)C)[C@@H](C)[C@@H](CCCCO)O1. The second-order valence-electron chi connectivity index (χ2n) is 14.6. The highest BCUT2D eigenvalue weighted by Crippen LogP contribution is 2.46. The predicted molar refractivity (Wildman–Crippen MR) is 158 cm³/mol. The molecule has 11 heteroatoms. The first-order chi connectivity index (χ1) is 18.7. The molecule has 2 aliphatic rings. The number of carbonyl (C=O) groups excluding carboxylic acids is 1. The van der Waals surface area contributed by atoms with Gasteiger partial charge in [-0.2, -0.15) is 0 Å². The Kier molecular flexibility index (Phi) is 12.5. The van der Waals surface area contributed by atoms with Crippen molar-refractivity contribution in [1.29, 1.82) is 0 Å². The third-order valence-electron chi connectivity index (χ3n) is 9.38. The number of unbranched alkanes of at least 4 members (excludes halogenated alkanes) is 1. The fourth-order valence-corrected chi connectivity index (χ4v) is 6.71. The first kappa shape index (κ1) is 36.6. The Bertz CT molecular complexity index is 840. The van der Waals surface area contributed by atoms with Gasteiger partial charge in [0.05, 0.1) is 29.8 Å². The first-order valence-electron chi connectivity index (χ1n) is 15.1. The van der Waals surface area contributed by atoms with Gasteiger partial charge < -0.3 is 43.8 Å². The fraction of sp³-hybridized carbons (Fsp3) is 0.967. The Labute approximate surface area is 248 Å². The second-order valence-corrected chi connectivity index (χ2v) is 19.4. The zero-order valence-corrected chi connectivity index (χ0v) is 28.2. The van der Waals surface area contributed by atoms with Crippen LogP contribution in [0.4, 0.5) is 0 Å². The molecule has 0 amide bonds. The van der Waals surface area contributed by atoms with Crippen LogP contribution in [-0.4, -0.2) is 104 Å². The second kappa shape index (κ2) is 14.0. The molecule has 0 spiro atoms. The molecule has 0 aromatic rings. The molecule has 4 N–H and O–H groups in total. The van der Waals surface area contributed by atoms with E-state index in [1.165, 1.54) is 7.11 Å². The Morgan fingerprint density at radius 3 is 2.15 bits per heavy atom. The van der Waals surface area contributed by atoms with Crippen molar-refractivity contribution >= 4 is 14.3 Å². The summed E-state index contributed by atoms with van der Waals surface area (Å²) in [5.41, 5.74) is -0.749. The molecule has 0 bridgehead atoms. The Hall–Kier alpha value is -0.633. The molecule has 2 heterocycles. The topological polar surface area (TPSA) is 144 Å². The highest BCUT2D eigenvalue weighted by molar-refractivity contribution is 6.74. The zero-order chi connectivity index (χ0) is 31.6. The van der Waals surface area contributed by atoms with E-state index >= 15 is 0 Å². The molecule has 0 saturated carbocycles. The number of aliphatic hydroxyl groups is 4. The number of hydrogen-bond donors (Lipinski definition) is 4. The van der Waals surface area contributed by atoms with Gasteiger partial charge in [0.15, 0.2) is 14.1 Å². The molecular weight excluding hydrogens is 548 g/mol. The van der Waals surface area contributed by atoms with Gasteiger partial charge in [-0.3, -0.25) is 4.79 Å². The molecule has 2 fully saturated rings. The van der Waals surface area contributed by atoms with Crippen LogP contribution in [0.3, 0.4) is 0 Å². The van der Waals surface area contributed by atoms with E-state index in [2.05, 4.69) is 40.8 Å². The number of aliphatic hydroxyl groups excluding tert-OH is 4. The number of ether oxygens (including phenoxy) is 4. The summed E-state index contributed by atoms with van der Waals surface area (Å²) in [5, 5.41) is 43.0. The molecule has 0 unspecified atom stereocenters. The maximum Gasteiger partial charge on any atom is 0.311 e. The van der Waals surface area contributed by atoms with E-state index in [1.807, 2.05) is 0 Å². The molecule has 0 aromatic carbocycles.